The van der Waals surface area contributed by atoms with Gasteiger partial charge in [0.25, 0.3) is 0 Å². The molecule has 8 nitrogen and oxygen atoms in total. The molecule has 0 aliphatic rings. The largest absolute Gasteiger partial charge is 0.388 e. The van der Waals surface area contributed by atoms with Crippen molar-refractivity contribution >= 4 is 22.5 Å². The maximum absolute atomic E-state index is 15.4. The van der Waals surface area contributed by atoms with Crippen molar-refractivity contribution in [2.75, 3.05) is 0 Å². The topological polar surface area (TPSA) is 94.9 Å². The van der Waals surface area contributed by atoms with E-state index in [9.17, 15) is 19.1 Å². The molecule has 0 amide bonds. The van der Waals surface area contributed by atoms with Crippen molar-refractivity contribution in [3.05, 3.63) is 73.5 Å². The predicted molar refractivity (Wildman–Crippen MR) is 134 cm³/mol. The maximum atomic E-state index is 15.4. The number of aliphatic hydroxyl groups is 1. The number of hydrogen-bond donors (Lipinski definition) is 1. The Balaban J connectivity index is 2.06. The fourth-order valence-corrected chi connectivity index (χ4v) is 4.55. The molecule has 190 valence electrons. The van der Waals surface area contributed by atoms with E-state index < -0.39 is 29.4 Å². The van der Waals surface area contributed by atoms with E-state index in [2.05, 4.69) is 10.2 Å². The molecule has 4 rings (SSSR count). The monoisotopic (exact) mass is 517 g/mol. The first-order valence-corrected chi connectivity index (χ1v) is 12.1. The summed E-state index contributed by atoms with van der Waals surface area (Å²) < 4.78 is 33.8. The number of aromatic nitrogens is 5. The molecule has 1 atom stereocenters. The second kappa shape index (κ2) is 10.3. The highest BCUT2D eigenvalue weighted by atomic mass is 35.5. The molecule has 2 heterocycles. The lowest BCUT2D eigenvalue weighted by atomic mass is 10.1. The average molecular weight is 518 g/mol. The Morgan fingerprint density at radius 2 is 1.86 bits per heavy atom. The molecule has 0 saturated heterocycles. The third kappa shape index (κ3) is 4.35. The fourth-order valence-electron chi connectivity index (χ4n) is 4.29. The van der Waals surface area contributed by atoms with Crippen molar-refractivity contribution in [1.29, 1.82) is 0 Å². The van der Waals surface area contributed by atoms with Gasteiger partial charge in [-0.15, -0.1) is 5.10 Å². The van der Waals surface area contributed by atoms with E-state index in [0.29, 0.717) is 6.42 Å². The van der Waals surface area contributed by atoms with Gasteiger partial charge in [-0.05, 0) is 44.5 Å². The molecule has 0 bridgehead atoms. The number of nitrogens with zero attached hydrogens (tertiary/aromatic N) is 5. The smallest absolute Gasteiger partial charge is 0.350 e. The predicted octanol–water partition coefficient (Wildman–Crippen LogP) is 4.61. The van der Waals surface area contributed by atoms with E-state index in [0.717, 1.165) is 23.6 Å². The Bertz CT molecular complexity index is 1540. The van der Waals surface area contributed by atoms with Gasteiger partial charge in [-0.2, -0.15) is 9.78 Å². The van der Waals surface area contributed by atoms with Crippen LogP contribution < -0.4 is 11.1 Å². The Morgan fingerprint density at radius 3 is 2.47 bits per heavy atom. The van der Waals surface area contributed by atoms with Gasteiger partial charge in [-0.25, -0.2) is 13.6 Å². The van der Waals surface area contributed by atoms with Crippen molar-refractivity contribution < 1.29 is 13.9 Å². The molecule has 11 heteroatoms. The summed E-state index contributed by atoms with van der Waals surface area (Å²) in [6.45, 7) is 5.37. The van der Waals surface area contributed by atoms with Crippen LogP contribution in [0.5, 0.6) is 0 Å². The van der Waals surface area contributed by atoms with Crippen LogP contribution >= 0.6 is 11.6 Å². The molecular weight excluding hydrogens is 492 g/mol. The van der Waals surface area contributed by atoms with Crippen LogP contribution in [-0.4, -0.2) is 29.2 Å². The van der Waals surface area contributed by atoms with E-state index in [-0.39, 0.29) is 51.3 Å². The van der Waals surface area contributed by atoms with Crippen molar-refractivity contribution in [2.24, 2.45) is 0 Å². The van der Waals surface area contributed by atoms with Crippen LogP contribution in [0.15, 0.2) is 39.9 Å². The average Bonchev–Trinajstić information content (AvgIpc) is 3.18. The number of rotatable bonds is 8. The molecule has 0 fully saturated rings. The third-order valence-electron chi connectivity index (χ3n) is 6.20. The standard InChI is InChI=1S/C25H26ClF2N5O3/c1-4-6-8-14(3)32-19-12-20(33-25(36)31(5-2)21(13-34)29-33)18(28)11-15(19)24(35)23(30-32)22-16(26)9-7-10-17(22)27/h7,9-12,14,34H,4-6,8,13H2,1-3H3. The van der Waals surface area contributed by atoms with E-state index >= 15 is 4.39 Å². The van der Waals surface area contributed by atoms with Crippen LogP contribution in [0.25, 0.3) is 27.8 Å². The normalized spacial score (nSPS) is 12.4. The summed E-state index contributed by atoms with van der Waals surface area (Å²) >= 11 is 6.23. The molecule has 0 aliphatic heterocycles. The molecule has 1 unspecified atom stereocenters. The Morgan fingerprint density at radius 1 is 1.11 bits per heavy atom. The van der Waals surface area contributed by atoms with Crippen LogP contribution in [0.2, 0.25) is 5.02 Å². The first-order chi connectivity index (χ1) is 17.2. The number of aliphatic hydroxyl groups excluding tert-OH is 1. The van der Waals surface area contributed by atoms with Crippen LogP contribution in [0, 0.1) is 11.6 Å². The summed E-state index contributed by atoms with van der Waals surface area (Å²) in [4.78, 5) is 26.3. The molecule has 0 spiro atoms. The summed E-state index contributed by atoms with van der Waals surface area (Å²) in [6, 6.07) is 6.15. The Hall–Kier alpha value is -3.37. The van der Waals surface area contributed by atoms with Gasteiger partial charge in [0, 0.05) is 12.6 Å². The highest BCUT2D eigenvalue weighted by Gasteiger charge is 2.23. The van der Waals surface area contributed by atoms with Gasteiger partial charge in [0.05, 0.1) is 21.5 Å². The highest BCUT2D eigenvalue weighted by Crippen LogP contribution is 2.30. The zero-order valence-electron chi connectivity index (χ0n) is 20.1. The number of halogens is 3. The lowest BCUT2D eigenvalue weighted by Gasteiger charge is -2.20. The van der Waals surface area contributed by atoms with Crippen molar-refractivity contribution in [1.82, 2.24) is 24.1 Å². The zero-order valence-corrected chi connectivity index (χ0v) is 20.9. The molecule has 0 saturated carbocycles. The zero-order chi connectivity index (χ0) is 26.1. The van der Waals surface area contributed by atoms with E-state index in [1.807, 2.05) is 13.8 Å². The van der Waals surface area contributed by atoms with E-state index in [1.165, 1.54) is 28.8 Å². The molecule has 0 radical (unpaired) electrons. The van der Waals surface area contributed by atoms with Gasteiger partial charge in [0.15, 0.2) is 5.82 Å². The summed E-state index contributed by atoms with van der Waals surface area (Å²) in [7, 11) is 0. The molecule has 2 aromatic heterocycles. The summed E-state index contributed by atoms with van der Waals surface area (Å²) in [6.07, 6.45) is 2.47. The molecule has 36 heavy (non-hydrogen) atoms. The molecule has 2 aromatic carbocycles. The van der Waals surface area contributed by atoms with Gasteiger partial charge >= 0.3 is 5.69 Å². The van der Waals surface area contributed by atoms with E-state index in [4.69, 9.17) is 11.6 Å². The fraction of sp³-hybridized carbons (Fsp3) is 0.360. The lowest BCUT2D eigenvalue weighted by molar-refractivity contribution is 0.264. The van der Waals surface area contributed by atoms with Crippen molar-refractivity contribution in [2.45, 2.75) is 59.2 Å². The van der Waals surface area contributed by atoms with Crippen LogP contribution in [0.4, 0.5) is 8.78 Å². The maximum Gasteiger partial charge on any atom is 0.350 e. The van der Waals surface area contributed by atoms with Crippen LogP contribution in [0.3, 0.4) is 0 Å². The Labute approximate surface area is 210 Å². The molecule has 1 N–H and O–H groups in total. The molecule has 0 aliphatic carbocycles. The van der Waals surface area contributed by atoms with Crippen LogP contribution in [0.1, 0.15) is 51.9 Å². The van der Waals surface area contributed by atoms with Gasteiger partial charge in [0.2, 0.25) is 5.43 Å². The summed E-state index contributed by atoms with van der Waals surface area (Å²) in [5, 5.41) is 18.1. The molecule has 4 aromatic rings. The minimum Gasteiger partial charge on any atom is -0.388 e. The van der Waals surface area contributed by atoms with Crippen molar-refractivity contribution in [3.8, 4) is 16.9 Å². The highest BCUT2D eigenvalue weighted by molar-refractivity contribution is 6.33. The second-order valence-corrected chi connectivity index (χ2v) is 8.95. The minimum absolute atomic E-state index is 0.0111. The first kappa shape index (κ1) is 25.7. The third-order valence-corrected chi connectivity index (χ3v) is 6.51. The van der Waals surface area contributed by atoms with Gasteiger partial charge in [-0.1, -0.05) is 37.4 Å². The summed E-state index contributed by atoms with van der Waals surface area (Å²) in [5.41, 5.74) is -1.63. The quantitative estimate of drug-likeness (QED) is 0.368. The number of fused-ring (bicyclic) bond motifs is 1. The van der Waals surface area contributed by atoms with E-state index in [1.54, 1.807) is 11.6 Å². The number of hydrogen-bond acceptors (Lipinski definition) is 5. The first-order valence-electron chi connectivity index (χ1n) is 11.7. The van der Waals surface area contributed by atoms with Gasteiger partial charge in [-0.3, -0.25) is 14.0 Å². The second-order valence-electron chi connectivity index (χ2n) is 8.54. The molecular formula is C25H26ClF2N5O3. The summed E-state index contributed by atoms with van der Waals surface area (Å²) in [5.74, 6) is -1.51. The van der Waals surface area contributed by atoms with Crippen LogP contribution in [-0.2, 0) is 13.2 Å². The number of unbranched alkanes of at least 4 members (excludes halogenated alkanes) is 1. The SMILES string of the molecule is CCCCC(C)n1nc(-c2c(F)cccc2Cl)c(=O)c2cc(F)c(-n3nc(CO)n(CC)c3=O)cc21. The minimum atomic E-state index is -0.878. The van der Waals surface area contributed by atoms with Crippen molar-refractivity contribution in [3.63, 3.8) is 0 Å². The Kier molecular flexibility index (Phi) is 7.37. The van der Waals surface area contributed by atoms with Gasteiger partial charge < -0.3 is 5.11 Å². The lowest BCUT2D eigenvalue weighted by Crippen LogP contribution is -2.25. The van der Waals surface area contributed by atoms with Gasteiger partial charge in [0.1, 0.15) is 29.6 Å². The number of benzene rings is 2.